The van der Waals surface area contributed by atoms with Crippen LogP contribution in [0.2, 0.25) is 0 Å². The fourth-order valence-corrected chi connectivity index (χ4v) is 5.96. The van der Waals surface area contributed by atoms with E-state index in [4.69, 9.17) is 28.5 Å². The average molecular weight is 642 g/mol. The Bertz CT molecular complexity index is 1540. The number of carbonyl (C=O) groups excluding carboxylic acids is 1. The molecular weight excluding hydrogens is 594 g/mol. The van der Waals surface area contributed by atoms with Crippen LogP contribution in [0, 0.1) is 5.92 Å². The van der Waals surface area contributed by atoms with Crippen molar-refractivity contribution < 1.29 is 33.3 Å². The maximum absolute atomic E-state index is 12.6. The lowest BCUT2D eigenvalue weighted by molar-refractivity contribution is -0.195. The summed E-state index contributed by atoms with van der Waals surface area (Å²) in [5.41, 5.74) is 2.70. The Kier molecular flexibility index (Phi) is 12.3. The van der Waals surface area contributed by atoms with Gasteiger partial charge in [-0.2, -0.15) is 0 Å². The fourth-order valence-electron chi connectivity index (χ4n) is 5.96. The van der Waals surface area contributed by atoms with Crippen LogP contribution in [0.1, 0.15) is 49.8 Å². The van der Waals surface area contributed by atoms with Crippen LogP contribution < -0.4 is 4.74 Å². The van der Waals surface area contributed by atoms with Gasteiger partial charge in [-0.25, -0.2) is 4.79 Å². The zero-order valence-corrected chi connectivity index (χ0v) is 27.9. The predicted octanol–water partition coefficient (Wildman–Crippen LogP) is 7.94. The first-order valence-electron chi connectivity index (χ1n) is 16.4. The van der Waals surface area contributed by atoms with Gasteiger partial charge in [-0.1, -0.05) is 78.9 Å². The Morgan fingerprint density at radius 3 is 2.30 bits per heavy atom. The van der Waals surface area contributed by atoms with E-state index in [0.29, 0.717) is 46.1 Å². The number of nitrogens with zero attached hydrogens (tertiary/aromatic N) is 1. The summed E-state index contributed by atoms with van der Waals surface area (Å²) in [6, 6.07) is 33.0. The SMILES string of the molecule is COCC1CN(OC(=O)OC(C)(C)C)CC(OCc2ccc3ccccc3c2)C1c1ccc(OCCCOCc2ccccc2)cc1. The summed E-state index contributed by atoms with van der Waals surface area (Å²) in [6.45, 7) is 9.00. The standard InChI is InChI=1S/C39H47NO7/c1-39(2,3)46-38(41)47-40-24-34(28-42-4)37(36(25-40)45-27-30-15-16-31-13-8-9-14-33(31)23-30)32-17-19-35(20-18-32)44-22-10-21-43-26-29-11-6-5-7-12-29/h5-9,11-20,23,34,36-37H,10,21-22,24-28H2,1-4H3. The van der Waals surface area contributed by atoms with E-state index >= 15 is 0 Å². The summed E-state index contributed by atoms with van der Waals surface area (Å²) in [4.78, 5) is 18.3. The summed E-state index contributed by atoms with van der Waals surface area (Å²) in [5, 5.41) is 4.00. The zero-order valence-electron chi connectivity index (χ0n) is 27.9. The zero-order chi connectivity index (χ0) is 33.1. The first-order chi connectivity index (χ1) is 22.8. The Morgan fingerprint density at radius 1 is 0.809 bits per heavy atom. The van der Waals surface area contributed by atoms with Gasteiger partial charge in [0.05, 0.1) is 45.7 Å². The van der Waals surface area contributed by atoms with E-state index in [0.717, 1.165) is 28.9 Å². The van der Waals surface area contributed by atoms with Crippen molar-refractivity contribution in [2.45, 2.75) is 58.0 Å². The maximum atomic E-state index is 12.6. The van der Waals surface area contributed by atoms with E-state index in [-0.39, 0.29) is 17.9 Å². The number of piperidine rings is 1. The van der Waals surface area contributed by atoms with Crippen LogP contribution in [0.3, 0.4) is 0 Å². The number of hydroxylamine groups is 2. The lowest BCUT2D eigenvalue weighted by Crippen LogP contribution is -2.51. The van der Waals surface area contributed by atoms with Crippen LogP contribution in [0.15, 0.2) is 97.1 Å². The van der Waals surface area contributed by atoms with Crippen LogP contribution in [-0.4, -0.2) is 62.9 Å². The minimum atomic E-state index is -0.729. The van der Waals surface area contributed by atoms with Gasteiger partial charge in [0.15, 0.2) is 0 Å². The number of hydrogen-bond acceptors (Lipinski definition) is 8. The lowest BCUT2D eigenvalue weighted by Gasteiger charge is -2.42. The number of fused-ring (bicyclic) bond motifs is 1. The molecule has 0 bridgehead atoms. The molecule has 0 amide bonds. The largest absolute Gasteiger partial charge is 0.528 e. The highest BCUT2D eigenvalue weighted by Crippen LogP contribution is 2.37. The van der Waals surface area contributed by atoms with Crippen LogP contribution in [0.5, 0.6) is 5.75 Å². The van der Waals surface area contributed by atoms with Crippen molar-refractivity contribution >= 4 is 16.9 Å². The van der Waals surface area contributed by atoms with Crippen LogP contribution in [0.4, 0.5) is 4.79 Å². The molecule has 3 unspecified atom stereocenters. The highest BCUT2D eigenvalue weighted by molar-refractivity contribution is 5.82. The second kappa shape index (κ2) is 16.7. The topological polar surface area (TPSA) is 75.7 Å². The van der Waals surface area contributed by atoms with Crippen molar-refractivity contribution in [2.24, 2.45) is 5.92 Å². The molecule has 0 spiro atoms. The first-order valence-corrected chi connectivity index (χ1v) is 16.4. The number of methoxy groups -OCH3 is 1. The minimum absolute atomic E-state index is 0.00525. The summed E-state index contributed by atoms with van der Waals surface area (Å²) in [5.74, 6) is 0.792. The van der Waals surface area contributed by atoms with E-state index in [1.807, 2.05) is 63.2 Å². The van der Waals surface area contributed by atoms with Gasteiger partial charge in [0.25, 0.3) is 0 Å². The van der Waals surface area contributed by atoms with Gasteiger partial charge in [-0.3, -0.25) is 0 Å². The number of benzene rings is 4. The Hall–Kier alpha value is -3.95. The highest BCUT2D eigenvalue weighted by Gasteiger charge is 2.40. The molecule has 4 aromatic carbocycles. The van der Waals surface area contributed by atoms with E-state index in [9.17, 15) is 4.79 Å². The maximum Gasteiger partial charge on any atom is 0.528 e. The molecule has 8 heteroatoms. The molecule has 4 aromatic rings. The fraction of sp³-hybridized carbons (Fsp3) is 0.410. The van der Waals surface area contributed by atoms with Crippen LogP contribution in [-0.2, 0) is 37.0 Å². The molecule has 0 radical (unpaired) electrons. The van der Waals surface area contributed by atoms with Crippen LogP contribution in [0.25, 0.3) is 10.8 Å². The summed E-state index contributed by atoms with van der Waals surface area (Å²) in [6.07, 6.45) is -0.218. The summed E-state index contributed by atoms with van der Waals surface area (Å²) >= 11 is 0. The minimum Gasteiger partial charge on any atom is -0.494 e. The summed E-state index contributed by atoms with van der Waals surface area (Å²) < 4.78 is 29.6. The smallest absolute Gasteiger partial charge is 0.494 e. The molecule has 47 heavy (non-hydrogen) atoms. The highest BCUT2D eigenvalue weighted by atomic mass is 16.8. The van der Waals surface area contributed by atoms with Gasteiger partial charge >= 0.3 is 6.16 Å². The molecular formula is C39H47NO7. The molecule has 1 heterocycles. The molecule has 250 valence electrons. The second-order valence-corrected chi connectivity index (χ2v) is 13.0. The van der Waals surface area contributed by atoms with E-state index < -0.39 is 11.8 Å². The van der Waals surface area contributed by atoms with E-state index in [1.165, 1.54) is 10.8 Å². The molecule has 1 saturated heterocycles. The Balaban J connectivity index is 1.25. The van der Waals surface area contributed by atoms with Gasteiger partial charge in [-0.05, 0) is 66.4 Å². The third kappa shape index (κ3) is 10.5. The monoisotopic (exact) mass is 641 g/mol. The second-order valence-electron chi connectivity index (χ2n) is 13.0. The molecule has 8 nitrogen and oxygen atoms in total. The number of carbonyl (C=O) groups is 1. The number of hydrogen-bond donors (Lipinski definition) is 0. The first kappa shape index (κ1) is 34.4. The molecule has 1 aliphatic rings. The molecule has 3 atom stereocenters. The summed E-state index contributed by atoms with van der Waals surface area (Å²) in [7, 11) is 1.69. The van der Waals surface area contributed by atoms with Gasteiger partial charge in [0, 0.05) is 31.9 Å². The lowest BCUT2D eigenvalue weighted by atomic mass is 9.79. The quantitative estimate of drug-likeness (QED) is 0.102. The molecule has 0 aliphatic carbocycles. The predicted molar refractivity (Wildman–Crippen MR) is 182 cm³/mol. The van der Waals surface area contributed by atoms with Crippen molar-refractivity contribution in [3.05, 3.63) is 114 Å². The average Bonchev–Trinajstić information content (AvgIpc) is 3.05. The van der Waals surface area contributed by atoms with Crippen molar-refractivity contribution in [2.75, 3.05) is 40.0 Å². The van der Waals surface area contributed by atoms with Gasteiger partial charge in [0.2, 0.25) is 0 Å². The number of rotatable bonds is 14. The number of ether oxygens (including phenoxy) is 5. The van der Waals surface area contributed by atoms with Crippen molar-refractivity contribution in [3.8, 4) is 5.75 Å². The Morgan fingerprint density at radius 2 is 1.55 bits per heavy atom. The molecule has 5 rings (SSSR count). The third-order valence-electron chi connectivity index (χ3n) is 8.06. The van der Waals surface area contributed by atoms with Crippen molar-refractivity contribution in [3.63, 3.8) is 0 Å². The van der Waals surface area contributed by atoms with Crippen LogP contribution >= 0.6 is 0 Å². The van der Waals surface area contributed by atoms with E-state index in [1.54, 1.807) is 12.2 Å². The Labute approximate surface area is 278 Å². The normalized spacial score (nSPS) is 18.6. The van der Waals surface area contributed by atoms with Gasteiger partial charge in [-0.15, -0.1) is 5.06 Å². The molecule has 1 aliphatic heterocycles. The van der Waals surface area contributed by atoms with Gasteiger partial charge in [0.1, 0.15) is 11.4 Å². The molecule has 0 saturated carbocycles. The van der Waals surface area contributed by atoms with Crippen molar-refractivity contribution in [1.29, 1.82) is 0 Å². The van der Waals surface area contributed by atoms with Gasteiger partial charge < -0.3 is 28.5 Å². The molecule has 1 fully saturated rings. The molecule has 0 aromatic heterocycles. The van der Waals surface area contributed by atoms with E-state index in [2.05, 4.69) is 54.6 Å². The molecule has 0 N–H and O–H groups in total. The third-order valence-corrected chi connectivity index (χ3v) is 8.06. The van der Waals surface area contributed by atoms with Crippen molar-refractivity contribution in [1.82, 2.24) is 5.06 Å².